The Morgan fingerprint density at radius 1 is 1.28 bits per heavy atom. The average molecular weight is 257 g/mol. The maximum absolute atomic E-state index is 11.5. The van der Waals surface area contributed by atoms with Crippen molar-refractivity contribution >= 4 is 12.1 Å². The first kappa shape index (κ1) is 16.5. The predicted octanol–water partition coefficient (Wildman–Crippen LogP) is 2.41. The van der Waals surface area contributed by atoms with Crippen molar-refractivity contribution in [3.05, 3.63) is 12.2 Å². The first-order chi connectivity index (χ1) is 8.28. The van der Waals surface area contributed by atoms with Crippen LogP contribution in [0, 0.1) is 0 Å². The highest BCUT2D eigenvalue weighted by molar-refractivity contribution is 5.82. The quantitative estimate of drug-likeness (QED) is 0.606. The van der Waals surface area contributed by atoms with E-state index in [1.54, 1.807) is 33.8 Å². The van der Waals surface area contributed by atoms with Crippen LogP contribution in [0.25, 0.3) is 0 Å². The molecule has 5 nitrogen and oxygen atoms in total. The minimum absolute atomic E-state index is 0.246. The molecule has 0 spiro atoms. The normalized spacial score (nSPS) is 13.2. The third-order valence-electron chi connectivity index (χ3n) is 1.89. The van der Waals surface area contributed by atoms with Gasteiger partial charge in [-0.3, -0.25) is 0 Å². The van der Waals surface area contributed by atoms with E-state index in [1.165, 1.54) is 6.08 Å². The van der Waals surface area contributed by atoms with Gasteiger partial charge >= 0.3 is 12.1 Å². The molecular weight excluding hydrogens is 234 g/mol. The lowest BCUT2D eigenvalue weighted by Gasteiger charge is -2.21. The van der Waals surface area contributed by atoms with Crippen molar-refractivity contribution in [3.8, 4) is 0 Å². The van der Waals surface area contributed by atoms with Crippen molar-refractivity contribution in [2.75, 3.05) is 6.61 Å². The van der Waals surface area contributed by atoms with Crippen LogP contribution in [0.4, 0.5) is 4.79 Å². The van der Waals surface area contributed by atoms with Crippen molar-refractivity contribution in [3.63, 3.8) is 0 Å². The van der Waals surface area contributed by atoms with E-state index in [0.29, 0.717) is 13.0 Å². The molecule has 0 unspecified atom stereocenters. The van der Waals surface area contributed by atoms with Crippen LogP contribution in [0.15, 0.2) is 12.2 Å². The number of amides is 1. The van der Waals surface area contributed by atoms with Crippen molar-refractivity contribution in [1.82, 2.24) is 5.32 Å². The molecule has 1 N–H and O–H groups in total. The number of nitrogens with one attached hydrogen (secondary N) is 1. The van der Waals surface area contributed by atoms with E-state index in [9.17, 15) is 9.59 Å². The number of carbonyl (C=O) groups excluding carboxylic acids is 2. The largest absolute Gasteiger partial charge is 0.463 e. The Morgan fingerprint density at radius 3 is 2.33 bits per heavy atom. The molecule has 0 heterocycles. The zero-order valence-corrected chi connectivity index (χ0v) is 11.8. The SMILES string of the molecule is CCOC(=O)C=C[C@H](CC)NC(=O)OC(C)(C)C. The molecule has 18 heavy (non-hydrogen) atoms. The number of carbonyl (C=O) groups is 2. The van der Waals surface area contributed by atoms with Crippen LogP contribution >= 0.6 is 0 Å². The van der Waals surface area contributed by atoms with Crippen LogP contribution in [-0.2, 0) is 14.3 Å². The zero-order valence-electron chi connectivity index (χ0n) is 11.8. The topological polar surface area (TPSA) is 64.6 Å². The van der Waals surface area contributed by atoms with Gasteiger partial charge in [0.25, 0.3) is 0 Å². The molecular formula is C13H23NO4. The van der Waals surface area contributed by atoms with Gasteiger partial charge in [0.1, 0.15) is 5.60 Å². The fourth-order valence-corrected chi connectivity index (χ4v) is 1.13. The molecule has 0 rings (SSSR count). The third-order valence-corrected chi connectivity index (χ3v) is 1.89. The Hall–Kier alpha value is -1.52. The van der Waals surface area contributed by atoms with E-state index < -0.39 is 17.7 Å². The van der Waals surface area contributed by atoms with Crippen LogP contribution in [0.5, 0.6) is 0 Å². The Bertz CT molecular complexity index is 305. The van der Waals surface area contributed by atoms with Gasteiger partial charge in [-0.1, -0.05) is 13.0 Å². The van der Waals surface area contributed by atoms with Crippen LogP contribution in [-0.4, -0.2) is 30.3 Å². The molecule has 0 saturated carbocycles. The lowest BCUT2D eigenvalue weighted by atomic mass is 10.2. The number of ether oxygens (including phenoxy) is 2. The molecule has 0 bridgehead atoms. The van der Waals surface area contributed by atoms with Crippen LogP contribution in [0.3, 0.4) is 0 Å². The fraction of sp³-hybridized carbons (Fsp3) is 0.692. The Kier molecular flexibility index (Phi) is 7.08. The van der Waals surface area contributed by atoms with Gasteiger partial charge < -0.3 is 14.8 Å². The van der Waals surface area contributed by atoms with Crippen molar-refractivity contribution < 1.29 is 19.1 Å². The summed E-state index contributed by atoms with van der Waals surface area (Å²) in [4.78, 5) is 22.6. The van der Waals surface area contributed by atoms with Gasteiger partial charge in [-0.15, -0.1) is 0 Å². The molecule has 1 amide bonds. The lowest BCUT2D eigenvalue weighted by molar-refractivity contribution is -0.137. The molecule has 5 heteroatoms. The van der Waals surface area contributed by atoms with E-state index in [2.05, 4.69) is 5.32 Å². The maximum Gasteiger partial charge on any atom is 0.408 e. The molecule has 0 radical (unpaired) electrons. The van der Waals surface area contributed by atoms with Gasteiger partial charge in [-0.05, 0) is 34.1 Å². The third kappa shape index (κ3) is 8.61. The van der Waals surface area contributed by atoms with Gasteiger partial charge in [-0.2, -0.15) is 0 Å². The summed E-state index contributed by atoms with van der Waals surface area (Å²) < 4.78 is 9.88. The van der Waals surface area contributed by atoms with Gasteiger partial charge in [-0.25, -0.2) is 9.59 Å². The highest BCUT2D eigenvalue weighted by Crippen LogP contribution is 2.07. The van der Waals surface area contributed by atoms with Crippen LogP contribution in [0.2, 0.25) is 0 Å². The summed E-state index contributed by atoms with van der Waals surface area (Å²) >= 11 is 0. The monoisotopic (exact) mass is 257 g/mol. The van der Waals surface area contributed by atoms with Gasteiger partial charge in [0.15, 0.2) is 0 Å². The molecule has 0 aromatic heterocycles. The fourth-order valence-electron chi connectivity index (χ4n) is 1.13. The molecule has 0 saturated heterocycles. The predicted molar refractivity (Wildman–Crippen MR) is 69.2 cm³/mol. The van der Waals surface area contributed by atoms with Crippen molar-refractivity contribution in [2.24, 2.45) is 0 Å². The maximum atomic E-state index is 11.5. The number of hydrogen-bond acceptors (Lipinski definition) is 4. The number of alkyl carbamates (subject to hydrolysis) is 1. The van der Waals surface area contributed by atoms with E-state index in [0.717, 1.165) is 0 Å². The van der Waals surface area contributed by atoms with Crippen molar-refractivity contribution in [2.45, 2.75) is 52.7 Å². The van der Waals surface area contributed by atoms with E-state index in [4.69, 9.17) is 9.47 Å². The van der Waals surface area contributed by atoms with E-state index >= 15 is 0 Å². The summed E-state index contributed by atoms with van der Waals surface area (Å²) in [6, 6.07) is -0.246. The Balaban J connectivity index is 4.27. The molecule has 0 aliphatic heterocycles. The smallest absolute Gasteiger partial charge is 0.408 e. The highest BCUT2D eigenvalue weighted by atomic mass is 16.6. The lowest BCUT2D eigenvalue weighted by Crippen LogP contribution is -2.38. The summed E-state index contributed by atoms with van der Waals surface area (Å²) in [6.07, 6.45) is 3.08. The highest BCUT2D eigenvalue weighted by Gasteiger charge is 2.17. The first-order valence-corrected chi connectivity index (χ1v) is 6.13. The molecule has 0 aliphatic rings. The van der Waals surface area contributed by atoms with Gasteiger partial charge in [0.05, 0.1) is 12.6 Å². The molecule has 0 aromatic carbocycles. The number of esters is 1. The number of hydrogen-bond donors (Lipinski definition) is 1. The summed E-state index contributed by atoms with van der Waals surface area (Å²) in [5, 5.41) is 2.66. The molecule has 0 aliphatic carbocycles. The summed E-state index contributed by atoms with van der Waals surface area (Å²) in [5.74, 6) is -0.415. The second-order valence-electron chi connectivity index (χ2n) is 4.77. The van der Waals surface area contributed by atoms with E-state index in [-0.39, 0.29) is 6.04 Å². The molecule has 1 atom stereocenters. The van der Waals surface area contributed by atoms with Crippen molar-refractivity contribution in [1.29, 1.82) is 0 Å². The Labute approximate surface area is 109 Å². The summed E-state index contributed by atoms with van der Waals surface area (Å²) in [7, 11) is 0. The number of rotatable bonds is 5. The summed E-state index contributed by atoms with van der Waals surface area (Å²) in [6.45, 7) is 9.35. The average Bonchev–Trinajstić information content (AvgIpc) is 2.22. The van der Waals surface area contributed by atoms with E-state index in [1.807, 2.05) is 6.92 Å². The first-order valence-electron chi connectivity index (χ1n) is 6.13. The molecule has 0 fully saturated rings. The second-order valence-corrected chi connectivity index (χ2v) is 4.77. The van der Waals surface area contributed by atoms with Gasteiger partial charge in [0.2, 0.25) is 0 Å². The standard InChI is InChI=1S/C13H23NO4/c1-6-10(8-9-11(15)17-7-2)14-12(16)18-13(3,4)5/h8-10H,6-7H2,1-5H3,(H,14,16)/t10-/m0/s1. The minimum Gasteiger partial charge on any atom is -0.463 e. The Morgan fingerprint density at radius 2 is 1.89 bits per heavy atom. The van der Waals surface area contributed by atoms with Crippen LogP contribution < -0.4 is 5.32 Å². The van der Waals surface area contributed by atoms with Crippen LogP contribution in [0.1, 0.15) is 41.0 Å². The summed E-state index contributed by atoms with van der Waals surface area (Å²) in [5.41, 5.74) is -0.534. The van der Waals surface area contributed by atoms with Gasteiger partial charge in [0, 0.05) is 6.08 Å². The molecule has 0 aromatic rings. The molecule has 104 valence electrons. The second kappa shape index (κ2) is 7.74. The minimum atomic E-state index is -0.534. The zero-order chi connectivity index (χ0) is 14.2.